The van der Waals surface area contributed by atoms with Crippen LogP contribution in [-0.2, 0) is 36.7 Å². The number of hydrogen-bond donors (Lipinski definition) is 3. The molecule has 3 aromatic rings. The van der Waals surface area contributed by atoms with Gasteiger partial charge in [-0.25, -0.2) is 9.78 Å². The van der Waals surface area contributed by atoms with E-state index in [4.69, 9.17) is 9.47 Å². The lowest BCUT2D eigenvalue weighted by Gasteiger charge is -2.16. The van der Waals surface area contributed by atoms with E-state index in [1.807, 2.05) is 6.07 Å². The molecule has 1 atom stereocenters. The summed E-state index contributed by atoms with van der Waals surface area (Å²) in [6, 6.07) is 4.22. The second-order valence-corrected chi connectivity index (χ2v) is 11.4. The standard InChI is InChI=1S/C28H35N5O7S/c1-6-39-21(34)13-11-19(25(37)40-7-2)30-24(36)20-12-10-17(41-20)9-8-16-14-18-22(29-15-16)31-27(32-23(18)35)33-26(38)28(3,4)5/h10,12,14-15,19H,6-9,11,13H2,1-5H3,(H,30,36)(H2,29,31,32,33,35,38)/t19-/m0/s1. The van der Waals surface area contributed by atoms with Crippen LogP contribution in [0.1, 0.15) is 67.6 Å². The maximum absolute atomic E-state index is 12.8. The topological polar surface area (TPSA) is 169 Å². The van der Waals surface area contributed by atoms with E-state index in [0.29, 0.717) is 23.1 Å². The van der Waals surface area contributed by atoms with Gasteiger partial charge in [-0.2, -0.15) is 4.98 Å². The van der Waals surface area contributed by atoms with Crippen LogP contribution in [-0.4, -0.2) is 58.0 Å². The number of aromatic amines is 1. The first kappa shape index (κ1) is 31.4. The monoisotopic (exact) mass is 585 g/mol. The molecule has 0 aliphatic carbocycles. The molecule has 41 heavy (non-hydrogen) atoms. The van der Waals surface area contributed by atoms with E-state index in [9.17, 15) is 24.0 Å². The zero-order valence-corrected chi connectivity index (χ0v) is 24.6. The molecule has 0 aliphatic rings. The maximum atomic E-state index is 12.8. The third-order valence-corrected chi connectivity index (χ3v) is 7.04. The molecule has 0 aromatic carbocycles. The SMILES string of the molecule is CCOC(=O)CC[C@H](NC(=O)c1ccc(CCc2cnc3nc(NC(=O)C(C)(C)C)[nH]c(=O)c3c2)s1)C(=O)OCC. The van der Waals surface area contributed by atoms with Gasteiger partial charge in [0.15, 0.2) is 5.65 Å². The van der Waals surface area contributed by atoms with Crippen LogP contribution in [0.15, 0.2) is 29.2 Å². The fraction of sp³-hybridized carbons (Fsp3) is 0.464. The molecule has 2 amide bonds. The minimum absolute atomic E-state index is 0.0295. The molecule has 0 saturated carbocycles. The van der Waals surface area contributed by atoms with Crippen LogP contribution in [0.4, 0.5) is 5.95 Å². The molecule has 0 aliphatic heterocycles. The van der Waals surface area contributed by atoms with Crippen molar-refractivity contribution < 1.29 is 28.7 Å². The normalized spacial score (nSPS) is 12.0. The number of nitrogens with zero attached hydrogens (tertiary/aromatic N) is 2. The number of thiophene rings is 1. The molecular formula is C28H35N5O7S. The summed E-state index contributed by atoms with van der Waals surface area (Å²) in [5.41, 5.74) is -0.0458. The van der Waals surface area contributed by atoms with E-state index in [2.05, 4.69) is 25.6 Å². The number of nitrogens with one attached hydrogen (secondary N) is 3. The van der Waals surface area contributed by atoms with Gasteiger partial charge in [-0.3, -0.25) is 29.5 Å². The highest BCUT2D eigenvalue weighted by Crippen LogP contribution is 2.20. The number of carbonyl (C=O) groups excluding carboxylic acids is 4. The molecule has 3 N–H and O–H groups in total. The molecule has 0 saturated heterocycles. The van der Waals surface area contributed by atoms with Crippen molar-refractivity contribution >= 4 is 52.1 Å². The Hall–Kier alpha value is -4.13. The zero-order valence-electron chi connectivity index (χ0n) is 23.8. The third-order valence-electron chi connectivity index (χ3n) is 5.90. The summed E-state index contributed by atoms with van der Waals surface area (Å²) in [4.78, 5) is 74.2. The third kappa shape index (κ3) is 8.93. The maximum Gasteiger partial charge on any atom is 0.328 e. The number of hydrogen-bond acceptors (Lipinski definition) is 10. The second kappa shape index (κ2) is 14.0. The summed E-state index contributed by atoms with van der Waals surface area (Å²) >= 11 is 1.28. The molecule has 0 unspecified atom stereocenters. The van der Waals surface area contributed by atoms with Crippen molar-refractivity contribution in [2.24, 2.45) is 5.41 Å². The predicted molar refractivity (Wildman–Crippen MR) is 154 cm³/mol. The largest absolute Gasteiger partial charge is 0.466 e. The van der Waals surface area contributed by atoms with Crippen molar-refractivity contribution in [1.29, 1.82) is 0 Å². The van der Waals surface area contributed by atoms with E-state index in [1.165, 1.54) is 11.3 Å². The summed E-state index contributed by atoms with van der Waals surface area (Å²) in [5, 5.41) is 5.57. The van der Waals surface area contributed by atoms with Crippen molar-refractivity contribution in [2.45, 2.75) is 66.3 Å². The van der Waals surface area contributed by atoms with Gasteiger partial charge in [0.2, 0.25) is 11.9 Å². The molecule has 3 aromatic heterocycles. The molecule has 3 heterocycles. The first-order valence-corrected chi connectivity index (χ1v) is 14.1. The van der Waals surface area contributed by atoms with Crippen LogP contribution in [0.25, 0.3) is 11.0 Å². The fourth-order valence-electron chi connectivity index (χ4n) is 3.68. The van der Waals surface area contributed by atoms with E-state index in [-0.39, 0.29) is 43.6 Å². The summed E-state index contributed by atoms with van der Waals surface area (Å²) in [5.74, 6) is -1.75. The van der Waals surface area contributed by atoms with Crippen LogP contribution in [0, 0.1) is 5.41 Å². The molecule has 0 spiro atoms. The van der Waals surface area contributed by atoms with Gasteiger partial charge in [0.05, 0.1) is 23.5 Å². The Bertz CT molecular complexity index is 1470. The number of amides is 2. The number of carbonyl (C=O) groups is 4. The molecule has 12 nitrogen and oxygen atoms in total. The van der Waals surface area contributed by atoms with Gasteiger partial charge >= 0.3 is 11.9 Å². The number of aryl methyl sites for hydroxylation is 2. The van der Waals surface area contributed by atoms with Gasteiger partial charge < -0.3 is 14.8 Å². The average Bonchev–Trinajstić information content (AvgIpc) is 3.39. The lowest BCUT2D eigenvalue weighted by atomic mass is 9.96. The van der Waals surface area contributed by atoms with E-state index >= 15 is 0 Å². The number of esters is 2. The van der Waals surface area contributed by atoms with Gasteiger partial charge in [-0.05, 0) is 56.9 Å². The number of pyridine rings is 1. The van der Waals surface area contributed by atoms with Crippen molar-refractivity contribution in [2.75, 3.05) is 18.5 Å². The molecule has 13 heteroatoms. The van der Waals surface area contributed by atoms with Crippen LogP contribution in [0.5, 0.6) is 0 Å². The molecule has 0 radical (unpaired) electrons. The van der Waals surface area contributed by atoms with E-state index in [0.717, 1.165) is 10.4 Å². The van der Waals surface area contributed by atoms with Crippen molar-refractivity contribution in [3.05, 3.63) is 50.1 Å². The van der Waals surface area contributed by atoms with Crippen molar-refractivity contribution in [3.63, 3.8) is 0 Å². The second-order valence-electron chi connectivity index (χ2n) is 10.2. The number of H-pyrrole nitrogens is 1. The Labute approximate surface area is 241 Å². The minimum Gasteiger partial charge on any atom is -0.466 e. The minimum atomic E-state index is -0.977. The fourth-order valence-corrected chi connectivity index (χ4v) is 4.59. The number of rotatable bonds is 12. The zero-order chi connectivity index (χ0) is 30.2. The Morgan fingerprint density at radius 2 is 1.80 bits per heavy atom. The molecular weight excluding hydrogens is 550 g/mol. The van der Waals surface area contributed by atoms with Gasteiger partial charge in [0.25, 0.3) is 11.5 Å². The van der Waals surface area contributed by atoms with Gasteiger partial charge in [0, 0.05) is 22.9 Å². The number of aromatic nitrogens is 3. The number of anilines is 1. The molecule has 0 fully saturated rings. The summed E-state index contributed by atoms with van der Waals surface area (Å²) in [6.07, 6.45) is 2.80. The molecule has 220 valence electrons. The highest BCUT2D eigenvalue weighted by molar-refractivity contribution is 7.14. The highest BCUT2D eigenvalue weighted by atomic mass is 32.1. The lowest BCUT2D eigenvalue weighted by molar-refractivity contribution is -0.146. The highest BCUT2D eigenvalue weighted by Gasteiger charge is 2.25. The quantitative estimate of drug-likeness (QED) is 0.270. The smallest absolute Gasteiger partial charge is 0.328 e. The Morgan fingerprint density at radius 1 is 1.07 bits per heavy atom. The summed E-state index contributed by atoms with van der Waals surface area (Å²) in [7, 11) is 0. The van der Waals surface area contributed by atoms with Gasteiger partial charge in [0.1, 0.15) is 6.04 Å². The number of fused-ring (bicyclic) bond motifs is 1. The van der Waals surface area contributed by atoms with E-state index in [1.54, 1.807) is 52.9 Å². The first-order chi connectivity index (χ1) is 19.4. The van der Waals surface area contributed by atoms with Crippen LogP contribution >= 0.6 is 11.3 Å². The van der Waals surface area contributed by atoms with E-state index < -0.39 is 34.9 Å². The summed E-state index contributed by atoms with van der Waals surface area (Å²) < 4.78 is 9.95. The number of ether oxygens (including phenoxy) is 2. The predicted octanol–water partition coefficient (Wildman–Crippen LogP) is 3.15. The Morgan fingerprint density at radius 3 is 2.49 bits per heavy atom. The summed E-state index contributed by atoms with van der Waals surface area (Å²) in [6.45, 7) is 8.99. The average molecular weight is 586 g/mol. The van der Waals surface area contributed by atoms with Crippen LogP contribution in [0.3, 0.4) is 0 Å². The Kier molecular flexibility index (Phi) is 10.7. The lowest BCUT2D eigenvalue weighted by Crippen LogP contribution is -2.42. The van der Waals surface area contributed by atoms with Crippen LogP contribution in [0.2, 0.25) is 0 Å². The van der Waals surface area contributed by atoms with Gasteiger partial charge in [-0.1, -0.05) is 20.8 Å². The van der Waals surface area contributed by atoms with Crippen LogP contribution < -0.4 is 16.2 Å². The Balaban J connectivity index is 1.64. The molecule has 0 bridgehead atoms. The first-order valence-electron chi connectivity index (χ1n) is 13.3. The molecule has 3 rings (SSSR count). The van der Waals surface area contributed by atoms with Gasteiger partial charge in [-0.15, -0.1) is 11.3 Å². The van der Waals surface area contributed by atoms with Crippen molar-refractivity contribution in [1.82, 2.24) is 20.3 Å². The van der Waals surface area contributed by atoms with Crippen molar-refractivity contribution in [3.8, 4) is 0 Å².